The van der Waals surface area contributed by atoms with Crippen LogP contribution in [0.5, 0.6) is 0 Å². The van der Waals surface area contributed by atoms with Crippen molar-refractivity contribution in [2.75, 3.05) is 5.88 Å². The van der Waals surface area contributed by atoms with E-state index in [1.54, 1.807) is 0 Å². The highest BCUT2D eigenvalue weighted by Gasteiger charge is 2.07. The molecule has 96 valence electrons. The maximum Gasteiger partial charge on any atom is 0.0664 e. The lowest BCUT2D eigenvalue weighted by Crippen LogP contribution is -2.07. The van der Waals surface area contributed by atoms with E-state index in [0.717, 1.165) is 31.4 Å². The second-order valence-corrected chi connectivity index (χ2v) is 4.84. The Morgan fingerprint density at radius 2 is 2.18 bits per heavy atom. The first kappa shape index (κ1) is 14.3. The summed E-state index contributed by atoms with van der Waals surface area (Å²) in [5, 5.41) is 4.64. The Bertz CT molecular complexity index is 351. The molecule has 0 amide bonds. The first-order valence-electron chi connectivity index (χ1n) is 6.46. The van der Waals surface area contributed by atoms with Crippen LogP contribution in [0.4, 0.5) is 0 Å². The van der Waals surface area contributed by atoms with E-state index in [1.165, 1.54) is 5.57 Å². The molecule has 0 aromatic carbocycles. The van der Waals surface area contributed by atoms with Gasteiger partial charge in [0.15, 0.2) is 0 Å². The first-order chi connectivity index (χ1) is 8.21. The van der Waals surface area contributed by atoms with Crippen molar-refractivity contribution in [1.82, 2.24) is 9.78 Å². The van der Waals surface area contributed by atoms with Crippen LogP contribution in [0.25, 0.3) is 0 Å². The number of nitrogens with zero attached hydrogens (tertiary/aromatic N) is 2. The summed E-state index contributed by atoms with van der Waals surface area (Å²) < 4.78 is 2.10. The molecule has 0 radical (unpaired) electrons. The molecule has 0 saturated heterocycles. The minimum atomic E-state index is 0.538. The van der Waals surface area contributed by atoms with Gasteiger partial charge in [0.05, 0.1) is 11.7 Å². The summed E-state index contributed by atoms with van der Waals surface area (Å²) in [7, 11) is 0. The van der Waals surface area contributed by atoms with E-state index in [9.17, 15) is 0 Å². The topological polar surface area (TPSA) is 17.8 Å². The molecule has 0 bridgehead atoms. The molecule has 0 aliphatic heterocycles. The van der Waals surface area contributed by atoms with Crippen LogP contribution in [0, 0.1) is 0 Å². The van der Waals surface area contributed by atoms with Crippen molar-refractivity contribution in [2.45, 2.75) is 52.5 Å². The zero-order valence-corrected chi connectivity index (χ0v) is 11.9. The zero-order valence-electron chi connectivity index (χ0n) is 11.1. The highest BCUT2D eigenvalue weighted by molar-refractivity contribution is 6.17. The SMILES string of the molecule is CCC(CC)n1ccc(CC(C)=CCCCl)n1. The van der Waals surface area contributed by atoms with Crippen molar-refractivity contribution in [3.05, 3.63) is 29.6 Å². The van der Waals surface area contributed by atoms with E-state index < -0.39 is 0 Å². The molecule has 0 fully saturated rings. The van der Waals surface area contributed by atoms with Crippen molar-refractivity contribution in [3.8, 4) is 0 Å². The maximum absolute atomic E-state index is 5.67. The minimum Gasteiger partial charge on any atom is -0.269 e. The largest absolute Gasteiger partial charge is 0.269 e. The van der Waals surface area contributed by atoms with Gasteiger partial charge in [0.25, 0.3) is 0 Å². The average Bonchev–Trinajstić information content (AvgIpc) is 2.76. The number of hydrogen-bond donors (Lipinski definition) is 0. The molecule has 1 heterocycles. The lowest BCUT2D eigenvalue weighted by Gasteiger charge is -2.12. The molecule has 0 atom stereocenters. The number of hydrogen-bond acceptors (Lipinski definition) is 1. The number of alkyl halides is 1. The summed E-state index contributed by atoms with van der Waals surface area (Å²) in [5.74, 6) is 0.694. The lowest BCUT2D eigenvalue weighted by atomic mass is 10.1. The van der Waals surface area contributed by atoms with Gasteiger partial charge in [-0.3, -0.25) is 4.68 Å². The van der Waals surface area contributed by atoms with E-state index in [2.05, 4.69) is 48.9 Å². The third kappa shape index (κ3) is 4.55. The molecular formula is C14H23ClN2. The quantitative estimate of drug-likeness (QED) is 0.522. The van der Waals surface area contributed by atoms with E-state index in [4.69, 9.17) is 11.6 Å². The third-order valence-corrected chi connectivity index (χ3v) is 3.26. The van der Waals surface area contributed by atoms with Gasteiger partial charge in [0, 0.05) is 18.5 Å². The predicted octanol–water partition coefficient (Wildman–Crippen LogP) is 4.36. The van der Waals surface area contributed by atoms with Crippen molar-refractivity contribution in [3.63, 3.8) is 0 Å². The van der Waals surface area contributed by atoms with Gasteiger partial charge in [-0.05, 0) is 32.3 Å². The Balaban J connectivity index is 2.62. The van der Waals surface area contributed by atoms with Crippen molar-refractivity contribution in [2.24, 2.45) is 0 Å². The molecular weight excluding hydrogens is 232 g/mol. The fourth-order valence-electron chi connectivity index (χ4n) is 2.00. The standard InChI is InChI=1S/C14H23ClN2/c1-4-14(5-2)17-10-8-13(16-17)11-12(3)7-6-9-15/h7-8,10,14H,4-6,9,11H2,1-3H3. The van der Waals surface area contributed by atoms with E-state index in [1.807, 2.05) is 0 Å². The fraction of sp³-hybridized carbons (Fsp3) is 0.643. The average molecular weight is 255 g/mol. The monoisotopic (exact) mass is 254 g/mol. The number of aromatic nitrogens is 2. The van der Waals surface area contributed by atoms with Crippen LogP contribution in [0.15, 0.2) is 23.9 Å². The molecule has 0 N–H and O–H groups in total. The highest BCUT2D eigenvalue weighted by atomic mass is 35.5. The molecule has 0 saturated carbocycles. The molecule has 1 rings (SSSR count). The summed E-state index contributed by atoms with van der Waals surface area (Å²) >= 11 is 5.67. The van der Waals surface area contributed by atoms with Crippen LogP contribution in [0.3, 0.4) is 0 Å². The Morgan fingerprint density at radius 1 is 1.47 bits per heavy atom. The number of rotatable bonds is 7. The normalized spacial score (nSPS) is 12.4. The van der Waals surface area contributed by atoms with Crippen molar-refractivity contribution in [1.29, 1.82) is 0 Å². The van der Waals surface area contributed by atoms with Gasteiger partial charge in [0.2, 0.25) is 0 Å². The van der Waals surface area contributed by atoms with Crippen LogP contribution < -0.4 is 0 Å². The van der Waals surface area contributed by atoms with Gasteiger partial charge < -0.3 is 0 Å². The van der Waals surface area contributed by atoms with Gasteiger partial charge >= 0.3 is 0 Å². The molecule has 1 aromatic heterocycles. The molecule has 2 nitrogen and oxygen atoms in total. The summed E-state index contributed by atoms with van der Waals surface area (Å²) in [4.78, 5) is 0. The molecule has 1 aromatic rings. The van der Waals surface area contributed by atoms with E-state index >= 15 is 0 Å². The van der Waals surface area contributed by atoms with Crippen LogP contribution in [-0.2, 0) is 6.42 Å². The maximum atomic E-state index is 5.67. The van der Waals surface area contributed by atoms with Gasteiger partial charge in [-0.2, -0.15) is 5.10 Å². The van der Waals surface area contributed by atoms with Crippen LogP contribution in [0.2, 0.25) is 0 Å². The fourth-order valence-corrected chi connectivity index (χ4v) is 2.11. The number of allylic oxidation sites excluding steroid dienone is 2. The molecule has 0 unspecified atom stereocenters. The van der Waals surface area contributed by atoms with E-state index in [0.29, 0.717) is 11.9 Å². The Morgan fingerprint density at radius 3 is 2.76 bits per heavy atom. The van der Waals surface area contributed by atoms with Crippen molar-refractivity contribution >= 4 is 11.6 Å². The first-order valence-corrected chi connectivity index (χ1v) is 7.00. The third-order valence-electron chi connectivity index (χ3n) is 3.04. The van der Waals surface area contributed by atoms with E-state index in [-0.39, 0.29) is 0 Å². The molecule has 3 heteroatoms. The lowest BCUT2D eigenvalue weighted by molar-refractivity contribution is 0.426. The second kappa shape index (κ2) is 7.54. The molecule has 0 spiro atoms. The summed E-state index contributed by atoms with van der Waals surface area (Å²) in [6.07, 6.45) is 8.45. The van der Waals surface area contributed by atoms with Crippen LogP contribution >= 0.6 is 11.6 Å². The Labute approximate surface area is 110 Å². The summed E-state index contributed by atoms with van der Waals surface area (Å²) in [5.41, 5.74) is 2.50. The molecule has 0 aliphatic carbocycles. The van der Waals surface area contributed by atoms with Gasteiger partial charge in [0.1, 0.15) is 0 Å². The van der Waals surface area contributed by atoms with Gasteiger partial charge in [-0.1, -0.05) is 25.5 Å². The molecule has 17 heavy (non-hydrogen) atoms. The highest BCUT2D eigenvalue weighted by Crippen LogP contribution is 2.15. The smallest absolute Gasteiger partial charge is 0.0664 e. The van der Waals surface area contributed by atoms with Crippen LogP contribution in [-0.4, -0.2) is 15.7 Å². The predicted molar refractivity (Wildman–Crippen MR) is 74.6 cm³/mol. The zero-order chi connectivity index (χ0) is 12.7. The summed E-state index contributed by atoms with van der Waals surface area (Å²) in [6, 6.07) is 2.66. The second-order valence-electron chi connectivity index (χ2n) is 4.46. The molecule has 0 aliphatic rings. The van der Waals surface area contributed by atoms with Gasteiger partial charge in [-0.15, -0.1) is 11.6 Å². The van der Waals surface area contributed by atoms with Crippen molar-refractivity contribution < 1.29 is 0 Å². The van der Waals surface area contributed by atoms with Crippen LogP contribution in [0.1, 0.15) is 51.8 Å². The Kier molecular flexibility index (Phi) is 6.35. The summed E-state index contributed by atoms with van der Waals surface area (Å²) in [6.45, 7) is 6.56. The Hall–Kier alpha value is -0.760. The number of halogens is 1. The minimum absolute atomic E-state index is 0.538. The van der Waals surface area contributed by atoms with Gasteiger partial charge in [-0.25, -0.2) is 0 Å².